The van der Waals surface area contributed by atoms with Crippen LogP contribution < -0.4 is 15.5 Å². The number of rotatable bonds is 4. The topological polar surface area (TPSA) is 97.0 Å². The van der Waals surface area contributed by atoms with E-state index in [0.717, 1.165) is 17.8 Å². The molecular weight excluding hydrogens is 280 g/mol. The number of nitrogens with zero attached hydrogens (tertiary/aromatic N) is 2. The zero-order valence-electron chi connectivity index (χ0n) is 10.7. The molecule has 8 heteroatoms. The van der Waals surface area contributed by atoms with Gasteiger partial charge >= 0.3 is 0 Å². The average Bonchev–Trinajstić information content (AvgIpc) is 3.19. The number of aromatic nitrogens is 3. The fraction of sp³-hybridized carbons (Fsp3) is 0.333. The highest BCUT2D eigenvalue weighted by atomic mass is 32.1. The maximum atomic E-state index is 12.0. The van der Waals surface area contributed by atoms with E-state index < -0.39 is 5.91 Å². The number of methoxy groups -OCH3 is 1. The van der Waals surface area contributed by atoms with Crippen molar-refractivity contribution in [3.8, 4) is 5.75 Å². The van der Waals surface area contributed by atoms with Crippen LogP contribution in [0.1, 0.15) is 34.3 Å². The first kappa shape index (κ1) is 12.8. The van der Waals surface area contributed by atoms with Crippen molar-refractivity contribution < 1.29 is 9.53 Å². The fourth-order valence-electron chi connectivity index (χ4n) is 1.69. The minimum atomic E-state index is -0.428. The lowest BCUT2D eigenvalue weighted by Crippen LogP contribution is -2.17. The average molecular weight is 292 g/mol. The number of hydrogen-bond acceptors (Lipinski definition) is 6. The second-order valence-electron chi connectivity index (χ2n) is 4.45. The summed E-state index contributed by atoms with van der Waals surface area (Å²) in [7, 11) is 1.39. The van der Waals surface area contributed by atoms with Crippen LogP contribution in [0.3, 0.4) is 0 Å². The van der Waals surface area contributed by atoms with Gasteiger partial charge in [-0.1, -0.05) is 11.3 Å². The van der Waals surface area contributed by atoms with E-state index in [-0.39, 0.29) is 16.9 Å². The molecular formula is C12H12N4O3S. The third kappa shape index (κ3) is 2.55. The van der Waals surface area contributed by atoms with Gasteiger partial charge in [0.2, 0.25) is 10.6 Å². The number of nitrogens with one attached hydrogen (secondary N) is 2. The third-order valence-corrected chi connectivity index (χ3v) is 3.93. The molecule has 1 aliphatic carbocycles. The SMILES string of the molecule is COc1c[nH]c(C(=O)Nc2nnc(C3CC3)s2)cc1=O. The summed E-state index contributed by atoms with van der Waals surface area (Å²) < 4.78 is 4.84. The molecule has 20 heavy (non-hydrogen) atoms. The second-order valence-corrected chi connectivity index (χ2v) is 5.46. The van der Waals surface area contributed by atoms with Crippen LogP contribution in [-0.4, -0.2) is 28.2 Å². The normalized spacial score (nSPS) is 14.1. The van der Waals surface area contributed by atoms with Gasteiger partial charge in [0.15, 0.2) is 5.75 Å². The van der Waals surface area contributed by atoms with Gasteiger partial charge in [0, 0.05) is 18.2 Å². The molecule has 0 unspecified atom stereocenters. The van der Waals surface area contributed by atoms with Crippen molar-refractivity contribution in [2.24, 2.45) is 0 Å². The summed E-state index contributed by atoms with van der Waals surface area (Å²) in [5.41, 5.74) is -0.202. The lowest BCUT2D eigenvalue weighted by Gasteiger charge is -2.02. The number of H-pyrrole nitrogens is 1. The molecule has 0 bridgehead atoms. The minimum absolute atomic E-state index is 0.152. The summed E-state index contributed by atoms with van der Waals surface area (Å²) in [5, 5.41) is 12.0. The number of aromatic amines is 1. The summed E-state index contributed by atoms with van der Waals surface area (Å²) in [6, 6.07) is 1.19. The van der Waals surface area contributed by atoms with Crippen molar-refractivity contribution in [3.05, 3.63) is 33.2 Å². The van der Waals surface area contributed by atoms with Gasteiger partial charge in [-0.15, -0.1) is 10.2 Å². The monoisotopic (exact) mass is 292 g/mol. The van der Waals surface area contributed by atoms with E-state index in [9.17, 15) is 9.59 Å². The molecule has 7 nitrogen and oxygen atoms in total. The van der Waals surface area contributed by atoms with Crippen molar-refractivity contribution >= 4 is 22.4 Å². The summed E-state index contributed by atoms with van der Waals surface area (Å²) >= 11 is 1.37. The first-order chi connectivity index (χ1) is 9.67. The number of amides is 1. The molecule has 104 valence electrons. The Balaban J connectivity index is 1.74. The number of hydrogen-bond donors (Lipinski definition) is 2. The molecule has 0 radical (unpaired) electrons. The molecule has 1 aliphatic rings. The molecule has 3 rings (SSSR count). The molecule has 0 aliphatic heterocycles. The van der Waals surface area contributed by atoms with Crippen LogP contribution in [0.4, 0.5) is 5.13 Å². The van der Waals surface area contributed by atoms with Crippen LogP contribution in [0.25, 0.3) is 0 Å². The number of anilines is 1. The van der Waals surface area contributed by atoms with Gasteiger partial charge in [-0.25, -0.2) is 0 Å². The van der Waals surface area contributed by atoms with Gasteiger partial charge in [0.05, 0.1) is 7.11 Å². The van der Waals surface area contributed by atoms with Crippen LogP contribution in [0.2, 0.25) is 0 Å². The smallest absolute Gasteiger partial charge is 0.274 e. The molecule has 1 saturated carbocycles. The van der Waals surface area contributed by atoms with Crippen molar-refractivity contribution in [2.75, 3.05) is 12.4 Å². The zero-order chi connectivity index (χ0) is 14.1. The fourth-order valence-corrected chi connectivity index (χ4v) is 2.60. The van der Waals surface area contributed by atoms with Crippen molar-refractivity contribution in [3.63, 3.8) is 0 Å². The second kappa shape index (κ2) is 5.04. The van der Waals surface area contributed by atoms with E-state index in [1.165, 1.54) is 30.7 Å². The molecule has 2 N–H and O–H groups in total. The Hall–Kier alpha value is -2.22. The van der Waals surface area contributed by atoms with E-state index in [2.05, 4.69) is 20.5 Å². The Morgan fingerprint density at radius 2 is 2.30 bits per heavy atom. The Morgan fingerprint density at radius 3 is 2.95 bits per heavy atom. The Bertz CT molecular complexity index is 705. The largest absolute Gasteiger partial charge is 0.491 e. The van der Waals surface area contributed by atoms with Crippen molar-refractivity contribution in [1.29, 1.82) is 0 Å². The van der Waals surface area contributed by atoms with Crippen molar-refractivity contribution in [2.45, 2.75) is 18.8 Å². The highest BCUT2D eigenvalue weighted by Gasteiger charge is 2.27. The molecule has 1 amide bonds. The van der Waals surface area contributed by atoms with Crippen LogP contribution in [0.15, 0.2) is 17.1 Å². The quantitative estimate of drug-likeness (QED) is 0.887. The third-order valence-electron chi connectivity index (χ3n) is 2.93. The predicted molar refractivity (Wildman–Crippen MR) is 73.5 cm³/mol. The van der Waals surface area contributed by atoms with E-state index in [0.29, 0.717) is 11.0 Å². The maximum absolute atomic E-state index is 12.0. The Morgan fingerprint density at radius 1 is 1.50 bits per heavy atom. The number of carbonyl (C=O) groups excluding carboxylic acids is 1. The number of pyridine rings is 1. The molecule has 0 saturated heterocycles. The summed E-state index contributed by atoms with van der Waals surface area (Å²) in [4.78, 5) is 26.3. The lowest BCUT2D eigenvalue weighted by atomic mass is 10.3. The van der Waals surface area contributed by atoms with E-state index in [1.54, 1.807) is 0 Å². The predicted octanol–water partition coefficient (Wildman–Crippen LogP) is 1.36. The highest BCUT2D eigenvalue weighted by molar-refractivity contribution is 7.15. The summed E-state index contributed by atoms with van der Waals surface area (Å²) in [6.45, 7) is 0. The molecule has 1 fully saturated rings. The standard InChI is InChI=1S/C12H12N4O3S/c1-19-9-5-13-7(4-8(9)17)10(18)14-12-16-15-11(20-12)6-2-3-6/h4-6H,2-3H2,1H3,(H,13,17)(H,14,16,18). The molecule has 2 heterocycles. The zero-order valence-corrected chi connectivity index (χ0v) is 11.5. The minimum Gasteiger partial charge on any atom is -0.491 e. The number of ether oxygens (including phenoxy) is 1. The van der Waals surface area contributed by atoms with Gasteiger partial charge in [-0.3, -0.25) is 14.9 Å². The summed E-state index contributed by atoms with van der Waals surface area (Å²) in [6.07, 6.45) is 3.62. The molecule has 2 aromatic heterocycles. The van der Waals surface area contributed by atoms with Crippen LogP contribution in [0.5, 0.6) is 5.75 Å². The maximum Gasteiger partial charge on any atom is 0.274 e. The van der Waals surface area contributed by atoms with Gasteiger partial charge in [-0.05, 0) is 12.8 Å². The molecule has 0 spiro atoms. The van der Waals surface area contributed by atoms with Crippen molar-refractivity contribution in [1.82, 2.24) is 15.2 Å². The van der Waals surface area contributed by atoms with Crippen LogP contribution in [0, 0.1) is 0 Å². The highest BCUT2D eigenvalue weighted by Crippen LogP contribution is 2.42. The molecule has 2 aromatic rings. The molecule has 0 aromatic carbocycles. The molecule has 0 atom stereocenters. The number of carbonyl (C=O) groups is 1. The van der Waals surface area contributed by atoms with E-state index in [4.69, 9.17) is 4.74 Å². The lowest BCUT2D eigenvalue weighted by molar-refractivity contribution is 0.102. The van der Waals surface area contributed by atoms with Gasteiger partial charge in [-0.2, -0.15) is 0 Å². The Kier molecular flexibility index (Phi) is 3.23. The van der Waals surface area contributed by atoms with E-state index in [1.807, 2.05) is 0 Å². The first-order valence-corrected chi connectivity index (χ1v) is 6.90. The van der Waals surface area contributed by atoms with Gasteiger partial charge in [0.25, 0.3) is 5.91 Å². The first-order valence-electron chi connectivity index (χ1n) is 6.09. The van der Waals surface area contributed by atoms with Crippen LogP contribution >= 0.6 is 11.3 Å². The van der Waals surface area contributed by atoms with Gasteiger partial charge < -0.3 is 9.72 Å². The van der Waals surface area contributed by atoms with Crippen LogP contribution in [-0.2, 0) is 0 Å². The Labute approximate surface area is 118 Å². The van der Waals surface area contributed by atoms with Gasteiger partial charge in [0.1, 0.15) is 10.7 Å². The summed E-state index contributed by atoms with van der Waals surface area (Å²) in [5.74, 6) is 0.232. The van der Waals surface area contributed by atoms with E-state index >= 15 is 0 Å².